The minimum absolute atomic E-state index is 0.0309. The van der Waals surface area contributed by atoms with Gasteiger partial charge in [-0.1, -0.05) is 36.3 Å². The smallest absolute Gasteiger partial charge is 0.309 e. The highest BCUT2D eigenvalue weighted by Gasteiger charge is 2.68. The first-order valence-corrected chi connectivity index (χ1v) is 10.8. The largest absolute Gasteiger partial charge is 0.456 e. The number of carbonyl (C=O) groups excluding carboxylic acids is 3. The monoisotopic (exact) mass is 442 g/mol. The number of carbonyl (C=O) groups is 3. The normalized spacial score (nSPS) is 27.6. The Morgan fingerprint density at radius 2 is 2.06 bits per heavy atom. The third-order valence-electron chi connectivity index (χ3n) is 6.33. The second kappa shape index (κ2) is 9.43. The van der Waals surface area contributed by atoms with Crippen molar-refractivity contribution in [2.24, 2.45) is 5.92 Å². The quantitative estimate of drug-likeness (QED) is 0.238. The molecule has 1 aromatic rings. The van der Waals surface area contributed by atoms with E-state index in [2.05, 4.69) is 5.92 Å². The van der Waals surface area contributed by atoms with Crippen molar-refractivity contribution >= 4 is 18.2 Å². The number of hydrogen-bond acceptors (Lipinski definition) is 7. The van der Waals surface area contributed by atoms with E-state index in [4.69, 9.17) is 25.4 Å². The highest BCUT2D eigenvalue weighted by molar-refractivity contribution is 5.74. The molecular weight excluding hydrogens is 412 g/mol. The fraction of sp³-hybridized carbons (Fsp3) is 0.560. The van der Waals surface area contributed by atoms with Crippen molar-refractivity contribution in [3.05, 3.63) is 35.9 Å². The van der Waals surface area contributed by atoms with E-state index in [9.17, 15) is 14.4 Å². The topological polar surface area (TPSA) is 88.1 Å². The first-order chi connectivity index (χ1) is 15.2. The average Bonchev–Trinajstić information content (AvgIpc) is 3.12. The molecule has 0 N–H and O–H groups in total. The van der Waals surface area contributed by atoms with E-state index in [1.807, 2.05) is 44.2 Å². The number of aldehydes is 1. The van der Waals surface area contributed by atoms with E-state index in [0.717, 1.165) is 11.8 Å². The lowest BCUT2D eigenvalue weighted by molar-refractivity contribution is -0.169. The van der Waals surface area contributed by atoms with Gasteiger partial charge in [-0.15, -0.1) is 6.42 Å². The molecule has 3 rings (SSSR count). The molecule has 0 bridgehead atoms. The molecule has 2 heterocycles. The van der Waals surface area contributed by atoms with Gasteiger partial charge in [-0.3, -0.25) is 9.59 Å². The fourth-order valence-electron chi connectivity index (χ4n) is 5.02. The fourth-order valence-corrected chi connectivity index (χ4v) is 5.02. The molecule has 7 heteroatoms. The van der Waals surface area contributed by atoms with Gasteiger partial charge in [-0.25, -0.2) is 0 Å². The maximum Gasteiger partial charge on any atom is 0.309 e. The van der Waals surface area contributed by atoms with Gasteiger partial charge < -0.3 is 23.7 Å². The Balaban J connectivity index is 1.84. The Morgan fingerprint density at radius 3 is 2.69 bits per heavy atom. The molecule has 172 valence electrons. The van der Waals surface area contributed by atoms with Crippen LogP contribution in [0.5, 0.6) is 0 Å². The van der Waals surface area contributed by atoms with Gasteiger partial charge >= 0.3 is 11.9 Å². The van der Waals surface area contributed by atoms with Crippen LogP contribution in [0.1, 0.15) is 52.0 Å². The summed E-state index contributed by atoms with van der Waals surface area (Å²) in [6.07, 6.45) is 6.53. The lowest BCUT2D eigenvalue weighted by Crippen LogP contribution is -2.52. The van der Waals surface area contributed by atoms with Crippen molar-refractivity contribution in [1.29, 1.82) is 0 Å². The molecule has 2 aliphatic heterocycles. The number of terminal acetylenes is 1. The molecule has 0 aromatic heterocycles. The Kier molecular flexibility index (Phi) is 7.06. The van der Waals surface area contributed by atoms with Gasteiger partial charge in [-0.05, 0) is 19.4 Å². The van der Waals surface area contributed by atoms with Crippen LogP contribution in [0.4, 0.5) is 0 Å². The molecular formula is C25H30O7. The van der Waals surface area contributed by atoms with Crippen molar-refractivity contribution in [2.75, 3.05) is 6.61 Å². The summed E-state index contributed by atoms with van der Waals surface area (Å²) in [5.41, 5.74) is -2.25. The van der Waals surface area contributed by atoms with Gasteiger partial charge in [-0.2, -0.15) is 0 Å². The molecule has 0 radical (unpaired) electrons. The van der Waals surface area contributed by atoms with E-state index >= 15 is 0 Å². The van der Waals surface area contributed by atoms with Crippen LogP contribution >= 0.6 is 0 Å². The number of ether oxygens (including phenoxy) is 4. The predicted molar refractivity (Wildman–Crippen MR) is 115 cm³/mol. The minimum atomic E-state index is -1.38. The molecule has 0 saturated carbocycles. The molecule has 2 aliphatic rings. The standard InChI is InChI=1S/C25H30O7/c1-5-24(30-18(2)27,12-14-29-16-19-9-7-6-8-10-19)17-25-20(11-13-26)23(3,4)31-21(25)15-22(28)32-25/h1,6-10,13,20-21H,11-12,14-17H2,2-4H3/t20-,21+,24-,25+/m0/s1. The van der Waals surface area contributed by atoms with Gasteiger partial charge in [0.25, 0.3) is 0 Å². The molecule has 7 nitrogen and oxygen atoms in total. The zero-order chi connectivity index (χ0) is 23.4. The van der Waals surface area contributed by atoms with Crippen molar-refractivity contribution in [3.63, 3.8) is 0 Å². The minimum Gasteiger partial charge on any atom is -0.456 e. The molecule has 32 heavy (non-hydrogen) atoms. The molecule has 0 unspecified atom stereocenters. The lowest BCUT2D eigenvalue weighted by atomic mass is 9.70. The van der Waals surface area contributed by atoms with Gasteiger partial charge in [0.2, 0.25) is 0 Å². The van der Waals surface area contributed by atoms with Gasteiger partial charge in [0.05, 0.1) is 25.2 Å². The summed E-state index contributed by atoms with van der Waals surface area (Å²) in [5, 5.41) is 0. The summed E-state index contributed by atoms with van der Waals surface area (Å²) in [6, 6.07) is 9.67. The second-order valence-corrected chi connectivity index (χ2v) is 9.00. The lowest BCUT2D eigenvalue weighted by Gasteiger charge is -2.40. The van der Waals surface area contributed by atoms with Gasteiger partial charge in [0, 0.05) is 32.1 Å². The summed E-state index contributed by atoms with van der Waals surface area (Å²) in [6.45, 7) is 5.62. The van der Waals surface area contributed by atoms with Crippen molar-refractivity contribution in [2.45, 2.75) is 76.0 Å². The van der Waals surface area contributed by atoms with E-state index in [0.29, 0.717) is 6.61 Å². The van der Waals surface area contributed by atoms with Crippen LogP contribution in [0.3, 0.4) is 0 Å². The number of benzene rings is 1. The SMILES string of the molecule is C#C[C@](CCOCc1ccccc1)(C[C@]12OC(=O)C[C@H]1OC(C)(C)[C@@H]2CC=O)OC(C)=O. The molecule has 2 fully saturated rings. The van der Waals surface area contributed by atoms with Crippen LogP contribution in [0, 0.1) is 18.3 Å². The van der Waals surface area contributed by atoms with Crippen LogP contribution < -0.4 is 0 Å². The number of hydrogen-bond donors (Lipinski definition) is 0. The van der Waals surface area contributed by atoms with Crippen LogP contribution in [0.25, 0.3) is 0 Å². The van der Waals surface area contributed by atoms with Gasteiger partial charge in [0.15, 0.2) is 5.60 Å². The number of esters is 2. The molecule has 0 spiro atoms. The first-order valence-electron chi connectivity index (χ1n) is 10.8. The molecule has 1 aromatic carbocycles. The Hall–Kier alpha value is -2.69. The second-order valence-electron chi connectivity index (χ2n) is 9.00. The van der Waals surface area contributed by atoms with Crippen LogP contribution in [0.2, 0.25) is 0 Å². The Morgan fingerprint density at radius 1 is 1.34 bits per heavy atom. The molecule has 4 atom stereocenters. The zero-order valence-corrected chi connectivity index (χ0v) is 18.8. The van der Waals surface area contributed by atoms with Crippen LogP contribution in [-0.2, 0) is 39.9 Å². The Bertz CT molecular complexity index is 887. The summed E-state index contributed by atoms with van der Waals surface area (Å²) in [5.74, 6) is 1.22. The van der Waals surface area contributed by atoms with Crippen molar-refractivity contribution in [3.8, 4) is 12.3 Å². The van der Waals surface area contributed by atoms with E-state index in [-0.39, 0.29) is 32.3 Å². The number of fused-ring (bicyclic) bond motifs is 1. The average molecular weight is 443 g/mol. The van der Waals surface area contributed by atoms with E-state index in [1.165, 1.54) is 6.92 Å². The van der Waals surface area contributed by atoms with Crippen molar-refractivity contribution < 1.29 is 33.3 Å². The molecule has 0 amide bonds. The molecule has 0 aliphatic carbocycles. The summed E-state index contributed by atoms with van der Waals surface area (Å²) in [7, 11) is 0. The predicted octanol–water partition coefficient (Wildman–Crippen LogP) is 2.99. The maximum atomic E-state index is 12.3. The van der Waals surface area contributed by atoms with Crippen LogP contribution in [-0.4, -0.2) is 47.7 Å². The van der Waals surface area contributed by atoms with Crippen molar-refractivity contribution in [1.82, 2.24) is 0 Å². The summed E-state index contributed by atoms with van der Waals surface area (Å²) < 4.78 is 23.4. The Labute approximate surface area is 188 Å². The highest BCUT2D eigenvalue weighted by Crippen LogP contribution is 2.55. The highest BCUT2D eigenvalue weighted by atomic mass is 16.6. The van der Waals surface area contributed by atoms with E-state index < -0.39 is 40.8 Å². The summed E-state index contributed by atoms with van der Waals surface area (Å²) >= 11 is 0. The van der Waals surface area contributed by atoms with E-state index in [1.54, 1.807) is 0 Å². The third kappa shape index (κ3) is 4.87. The molecule has 2 saturated heterocycles. The third-order valence-corrected chi connectivity index (χ3v) is 6.33. The van der Waals surface area contributed by atoms with Gasteiger partial charge in [0.1, 0.15) is 18.0 Å². The first kappa shape index (κ1) is 24.0. The van der Waals surface area contributed by atoms with Crippen LogP contribution in [0.15, 0.2) is 30.3 Å². The number of rotatable bonds is 10. The summed E-state index contributed by atoms with van der Waals surface area (Å²) in [4.78, 5) is 35.7. The zero-order valence-electron chi connectivity index (χ0n) is 18.8. The maximum absolute atomic E-state index is 12.3.